The highest BCUT2D eigenvalue weighted by molar-refractivity contribution is 5.95. The first-order valence-corrected chi connectivity index (χ1v) is 9.67. The Morgan fingerprint density at radius 2 is 2.11 bits per heavy atom. The Kier molecular flexibility index (Phi) is 5.07. The van der Waals surface area contributed by atoms with Crippen molar-refractivity contribution in [2.45, 2.75) is 32.3 Å². The van der Waals surface area contributed by atoms with Crippen molar-refractivity contribution in [2.75, 3.05) is 37.7 Å². The van der Waals surface area contributed by atoms with E-state index in [-0.39, 0.29) is 12.0 Å². The summed E-state index contributed by atoms with van der Waals surface area (Å²) in [5.74, 6) is 0.777. The predicted octanol–water partition coefficient (Wildman–Crippen LogP) is 1.59. The molecule has 0 aromatic carbocycles. The number of carbonyl (C=O) groups is 1. The van der Waals surface area contributed by atoms with Gasteiger partial charge in [0.2, 0.25) is 5.95 Å². The fraction of sp³-hybridized carbons (Fsp3) is 0.579. The zero-order valence-corrected chi connectivity index (χ0v) is 16.0. The Bertz CT molecular complexity index is 814. The Morgan fingerprint density at radius 3 is 2.89 bits per heavy atom. The van der Waals surface area contributed by atoms with Gasteiger partial charge < -0.3 is 14.5 Å². The van der Waals surface area contributed by atoms with Crippen molar-refractivity contribution in [1.82, 2.24) is 24.6 Å². The van der Waals surface area contributed by atoms with Gasteiger partial charge in [-0.15, -0.1) is 0 Å². The van der Waals surface area contributed by atoms with E-state index in [9.17, 15) is 4.79 Å². The van der Waals surface area contributed by atoms with E-state index in [2.05, 4.69) is 15.0 Å². The number of hydrogen-bond donors (Lipinski definition) is 0. The summed E-state index contributed by atoms with van der Waals surface area (Å²) in [4.78, 5) is 26.2. The average Bonchev–Trinajstić information content (AvgIpc) is 3.37. The van der Waals surface area contributed by atoms with Gasteiger partial charge in [-0.1, -0.05) is 6.92 Å². The first-order valence-electron chi connectivity index (χ1n) is 9.67. The number of morpholine rings is 1. The van der Waals surface area contributed by atoms with E-state index in [0.29, 0.717) is 25.3 Å². The van der Waals surface area contributed by atoms with Crippen LogP contribution < -0.4 is 4.90 Å². The number of nitrogens with zero attached hydrogens (tertiary/aromatic N) is 6. The summed E-state index contributed by atoms with van der Waals surface area (Å²) in [6, 6.07) is 1.89. The summed E-state index contributed by atoms with van der Waals surface area (Å²) in [6.07, 6.45) is 6.47. The fourth-order valence-corrected chi connectivity index (χ4v) is 3.77. The molecule has 2 aromatic rings. The summed E-state index contributed by atoms with van der Waals surface area (Å²) in [6.45, 7) is 5.59. The number of ether oxygens (including phenoxy) is 1. The van der Waals surface area contributed by atoms with Crippen LogP contribution in [0.2, 0.25) is 0 Å². The first-order chi connectivity index (χ1) is 13.2. The van der Waals surface area contributed by atoms with Gasteiger partial charge in [0, 0.05) is 39.1 Å². The van der Waals surface area contributed by atoms with E-state index in [1.165, 1.54) is 12.8 Å². The molecular formula is C19H26N6O2. The van der Waals surface area contributed by atoms with E-state index in [1.54, 1.807) is 10.9 Å². The van der Waals surface area contributed by atoms with Gasteiger partial charge in [-0.05, 0) is 25.3 Å². The topological polar surface area (TPSA) is 76.4 Å². The zero-order valence-electron chi connectivity index (χ0n) is 16.0. The van der Waals surface area contributed by atoms with Gasteiger partial charge in [-0.2, -0.15) is 5.10 Å². The normalized spacial score (nSPS) is 20.3. The Morgan fingerprint density at radius 1 is 1.30 bits per heavy atom. The summed E-state index contributed by atoms with van der Waals surface area (Å²) < 4.78 is 7.64. The van der Waals surface area contributed by atoms with Gasteiger partial charge in [-0.3, -0.25) is 9.48 Å². The van der Waals surface area contributed by atoms with E-state index in [0.717, 1.165) is 36.8 Å². The van der Waals surface area contributed by atoms with E-state index < -0.39 is 0 Å². The number of aromatic nitrogens is 4. The van der Waals surface area contributed by atoms with Gasteiger partial charge in [0.05, 0.1) is 30.1 Å². The van der Waals surface area contributed by atoms with Crippen LogP contribution in [0.3, 0.4) is 0 Å². The minimum absolute atomic E-state index is 0.0158. The zero-order chi connectivity index (χ0) is 18.8. The predicted molar refractivity (Wildman–Crippen MR) is 101 cm³/mol. The standard InChI is InChI=1S/C19H26N6O2/c1-3-15-14(12-23(2)22-15)18(26)25-10-11-27-17(13-25)16-6-7-20-19(21-16)24-8-4-5-9-24/h6-7,12,17H,3-5,8-11,13H2,1-2H3/t17-/m1/s1. The SMILES string of the molecule is CCc1nn(C)cc1C(=O)N1CCO[C@@H](c2ccnc(N3CCCC3)n2)C1. The number of hydrogen-bond acceptors (Lipinski definition) is 6. The van der Waals surface area contributed by atoms with E-state index >= 15 is 0 Å². The quantitative estimate of drug-likeness (QED) is 0.813. The third-order valence-electron chi connectivity index (χ3n) is 5.21. The Hall–Kier alpha value is -2.48. The highest BCUT2D eigenvalue weighted by Crippen LogP contribution is 2.24. The molecule has 0 aliphatic carbocycles. The molecule has 27 heavy (non-hydrogen) atoms. The van der Waals surface area contributed by atoms with Crippen LogP contribution in [0.1, 0.15) is 47.6 Å². The maximum Gasteiger partial charge on any atom is 0.257 e. The maximum atomic E-state index is 13.0. The molecule has 8 heteroatoms. The van der Waals surface area contributed by atoms with E-state index in [4.69, 9.17) is 9.72 Å². The van der Waals surface area contributed by atoms with Crippen molar-refractivity contribution in [1.29, 1.82) is 0 Å². The van der Waals surface area contributed by atoms with Crippen LogP contribution in [-0.4, -0.2) is 63.3 Å². The Labute approximate surface area is 159 Å². The lowest BCUT2D eigenvalue weighted by Crippen LogP contribution is -2.42. The van der Waals surface area contributed by atoms with Gasteiger partial charge in [0.15, 0.2) is 0 Å². The molecule has 2 saturated heterocycles. The number of rotatable bonds is 4. The van der Waals surface area contributed by atoms with Crippen molar-refractivity contribution in [2.24, 2.45) is 7.05 Å². The summed E-state index contributed by atoms with van der Waals surface area (Å²) in [5.41, 5.74) is 2.36. The summed E-state index contributed by atoms with van der Waals surface area (Å²) in [5, 5.41) is 4.39. The van der Waals surface area contributed by atoms with Gasteiger partial charge in [-0.25, -0.2) is 9.97 Å². The highest BCUT2D eigenvalue weighted by atomic mass is 16.5. The molecule has 1 atom stereocenters. The number of anilines is 1. The molecule has 4 heterocycles. The van der Waals surface area contributed by atoms with Crippen LogP contribution in [0, 0.1) is 0 Å². The van der Waals surface area contributed by atoms with Crippen LogP contribution in [-0.2, 0) is 18.2 Å². The van der Waals surface area contributed by atoms with Gasteiger partial charge in [0.1, 0.15) is 6.10 Å². The second-order valence-corrected chi connectivity index (χ2v) is 7.10. The largest absolute Gasteiger partial charge is 0.368 e. The third-order valence-corrected chi connectivity index (χ3v) is 5.21. The number of aryl methyl sites for hydroxylation is 2. The lowest BCUT2D eigenvalue weighted by atomic mass is 10.1. The second kappa shape index (κ2) is 7.64. The van der Waals surface area contributed by atoms with Crippen LogP contribution >= 0.6 is 0 Å². The molecular weight excluding hydrogens is 344 g/mol. The average molecular weight is 370 g/mol. The lowest BCUT2D eigenvalue weighted by Gasteiger charge is -2.33. The smallest absolute Gasteiger partial charge is 0.257 e. The first kappa shape index (κ1) is 17.9. The number of carbonyl (C=O) groups excluding carboxylic acids is 1. The van der Waals surface area contributed by atoms with Crippen molar-refractivity contribution in [3.8, 4) is 0 Å². The van der Waals surface area contributed by atoms with Crippen molar-refractivity contribution in [3.05, 3.63) is 35.4 Å². The van der Waals surface area contributed by atoms with Gasteiger partial charge in [0.25, 0.3) is 5.91 Å². The van der Waals surface area contributed by atoms with Gasteiger partial charge >= 0.3 is 0 Å². The molecule has 0 N–H and O–H groups in total. The maximum absolute atomic E-state index is 13.0. The van der Waals surface area contributed by atoms with Crippen LogP contribution in [0.25, 0.3) is 0 Å². The molecule has 0 spiro atoms. The second-order valence-electron chi connectivity index (χ2n) is 7.10. The molecule has 0 unspecified atom stereocenters. The molecule has 144 valence electrons. The lowest BCUT2D eigenvalue weighted by molar-refractivity contribution is -0.0247. The van der Waals surface area contributed by atoms with Crippen molar-refractivity contribution in [3.63, 3.8) is 0 Å². The fourth-order valence-electron chi connectivity index (χ4n) is 3.77. The third kappa shape index (κ3) is 3.66. The summed E-state index contributed by atoms with van der Waals surface area (Å²) in [7, 11) is 1.85. The minimum atomic E-state index is -0.228. The Balaban J connectivity index is 1.51. The number of amides is 1. The molecule has 0 bridgehead atoms. The highest BCUT2D eigenvalue weighted by Gasteiger charge is 2.29. The van der Waals surface area contributed by atoms with Crippen LogP contribution in [0.15, 0.2) is 18.5 Å². The van der Waals surface area contributed by atoms with E-state index in [1.807, 2.05) is 31.1 Å². The molecule has 2 aliphatic rings. The summed E-state index contributed by atoms with van der Waals surface area (Å²) >= 11 is 0. The molecule has 0 saturated carbocycles. The van der Waals surface area contributed by atoms with Crippen molar-refractivity contribution >= 4 is 11.9 Å². The molecule has 1 amide bonds. The molecule has 4 rings (SSSR count). The molecule has 2 fully saturated rings. The monoisotopic (exact) mass is 370 g/mol. The molecule has 2 aromatic heterocycles. The minimum Gasteiger partial charge on any atom is -0.368 e. The molecule has 0 radical (unpaired) electrons. The van der Waals surface area contributed by atoms with Crippen LogP contribution in [0.4, 0.5) is 5.95 Å². The van der Waals surface area contributed by atoms with Crippen LogP contribution in [0.5, 0.6) is 0 Å². The molecule has 8 nitrogen and oxygen atoms in total. The molecule has 2 aliphatic heterocycles. The van der Waals surface area contributed by atoms with Crippen molar-refractivity contribution < 1.29 is 9.53 Å².